The highest BCUT2D eigenvalue weighted by molar-refractivity contribution is 5.83. The Hall–Kier alpha value is -3.02. The van der Waals surface area contributed by atoms with Crippen molar-refractivity contribution in [2.45, 2.75) is 12.6 Å². The van der Waals surface area contributed by atoms with Crippen LogP contribution in [0.2, 0.25) is 0 Å². The molecule has 1 amide bonds. The maximum atomic E-state index is 12.0. The van der Waals surface area contributed by atoms with Crippen LogP contribution < -0.4 is 15.0 Å². The summed E-state index contributed by atoms with van der Waals surface area (Å²) in [4.78, 5) is 18.6. The molecule has 4 rings (SSSR count). The lowest BCUT2D eigenvalue weighted by Crippen LogP contribution is -2.47. The highest BCUT2D eigenvalue weighted by Crippen LogP contribution is 2.34. The van der Waals surface area contributed by atoms with Crippen LogP contribution in [0.15, 0.2) is 52.9 Å². The van der Waals surface area contributed by atoms with Gasteiger partial charge in [-0.3, -0.25) is 4.79 Å². The van der Waals surface area contributed by atoms with Crippen LogP contribution in [-0.2, 0) is 11.3 Å². The number of aromatic nitrogens is 1. The van der Waals surface area contributed by atoms with Crippen molar-refractivity contribution in [2.24, 2.45) is 0 Å². The Morgan fingerprint density at radius 1 is 1.25 bits per heavy atom. The van der Waals surface area contributed by atoms with Crippen molar-refractivity contribution in [3.63, 3.8) is 0 Å². The number of hydrogen-bond acceptors (Lipinski definition) is 5. The van der Waals surface area contributed by atoms with Crippen LogP contribution >= 0.6 is 0 Å². The SMILES string of the molecule is CNC(=O)[C@H]1CN(Cc2nc3ccccc3o2)c2ccccc2O1. The molecule has 6 nitrogen and oxygen atoms in total. The van der Waals surface area contributed by atoms with Gasteiger partial charge in [-0.05, 0) is 24.3 Å². The molecule has 1 aromatic heterocycles. The quantitative estimate of drug-likeness (QED) is 0.801. The van der Waals surface area contributed by atoms with E-state index in [-0.39, 0.29) is 5.91 Å². The zero-order valence-electron chi connectivity index (χ0n) is 13.2. The Labute approximate surface area is 139 Å². The topological polar surface area (TPSA) is 67.6 Å². The summed E-state index contributed by atoms with van der Waals surface area (Å²) in [5.74, 6) is 1.16. The van der Waals surface area contributed by atoms with Gasteiger partial charge in [0.25, 0.3) is 5.91 Å². The van der Waals surface area contributed by atoms with Gasteiger partial charge in [-0.1, -0.05) is 24.3 Å². The summed E-state index contributed by atoms with van der Waals surface area (Å²) in [5.41, 5.74) is 2.52. The fourth-order valence-electron chi connectivity index (χ4n) is 2.91. The standard InChI is InChI=1S/C18H17N3O3/c1-19-18(22)16-10-21(13-7-3-5-9-15(13)23-16)11-17-20-12-6-2-4-8-14(12)24-17/h2-9,16H,10-11H2,1H3,(H,19,22)/t16-/m1/s1. The third-order valence-electron chi connectivity index (χ3n) is 4.06. The Morgan fingerprint density at radius 3 is 2.88 bits per heavy atom. The number of carbonyl (C=O) groups excluding carboxylic acids is 1. The maximum Gasteiger partial charge on any atom is 0.262 e. The van der Waals surface area contributed by atoms with Crippen molar-refractivity contribution in [2.75, 3.05) is 18.5 Å². The van der Waals surface area contributed by atoms with E-state index in [2.05, 4.69) is 15.2 Å². The molecular weight excluding hydrogens is 306 g/mol. The van der Waals surface area contributed by atoms with Gasteiger partial charge in [-0.2, -0.15) is 0 Å². The minimum absolute atomic E-state index is 0.146. The minimum Gasteiger partial charge on any atom is -0.477 e. The van der Waals surface area contributed by atoms with Gasteiger partial charge in [0.1, 0.15) is 11.3 Å². The summed E-state index contributed by atoms with van der Waals surface area (Å²) in [6.45, 7) is 0.915. The van der Waals surface area contributed by atoms with Gasteiger partial charge in [0, 0.05) is 7.05 Å². The van der Waals surface area contributed by atoms with Crippen molar-refractivity contribution in [3.8, 4) is 5.75 Å². The van der Waals surface area contributed by atoms with Gasteiger partial charge in [0.15, 0.2) is 11.7 Å². The molecule has 2 aromatic carbocycles. The predicted molar refractivity (Wildman–Crippen MR) is 90.0 cm³/mol. The summed E-state index contributed by atoms with van der Waals surface area (Å²) in [7, 11) is 1.61. The molecule has 0 unspecified atom stereocenters. The fraction of sp³-hybridized carbons (Fsp3) is 0.222. The van der Waals surface area contributed by atoms with Crippen molar-refractivity contribution in [1.29, 1.82) is 0 Å². The molecule has 1 atom stereocenters. The molecule has 3 aromatic rings. The van der Waals surface area contributed by atoms with E-state index in [0.29, 0.717) is 24.7 Å². The average Bonchev–Trinajstić information content (AvgIpc) is 3.03. The van der Waals surface area contributed by atoms with E-state index in [9.17, 15) is 4.79 Å². The molecule has 0 radical (unpaired) electrons. The minimum atomic E-state index is -0.561. The lowest BCUT2D eigenvalue weighted by molar-refractivity contribution is -0.127. The number of fused-ring (bicyclic) bond motifs is 2. The van der Waals surface area contributed by atoms with Crippen molar-refractivity contribution < 1.29 is 13.9 Å². The Morgan fingerprint density at radius 2 is 2.04 bits per heavy atom. The number of likely N-dealkylation sites (N-methyl/N-ethyl adjacent to an activating group) is 1. The smallest absolute Gasteiger partial charge is 0.262 e. The summed E-state index contributed by atoms with van der Waals surface area (Å²) >= 11 is 0. The normalized spacial score (nSPS) is 16.5. The third kappa shape index (κ3) is 2.56. The molecule has 0 spiro atoms. The number of rotatable bonds is 3. The molecule has 122 valence electrons. The first-order chi connectivity index (χ1) is 11.7. The van der Waals surface area contributed by atoms with Gasteiger partial charge in [-0.25, -0.2) is 4.98 Å². The Balaban J connectivity index is 1.66. The molecule has 24 heavy (non-hydrogen) atoms. The first kappa shape index (κ1) is 14.6. The third-order valence-corrected chi connectivity index (χ3v) is 4.06. The number of benzene rings is 2. The Bertz CT molecular complexity index is 857. The van der Waals surface area contributed by atoms with Crippen molar-refractivity contribution in [3.05, 3.63) is 54.4 Å². The second kappa shape index (κ2) is 5.88. The number of amides is 1. The summed E-state index contributed by atoms with van der Waals surface area (Å²) in [5, 5.41) is 2.64. The molecule has 0 fully saturated rings. The molecule has 0 bridgehead atoms. The summed E-state index contributed by atoms with van der Waals surface area (Å²) < 4.78 is 11.6. The lowest BCUT2D eigenvalue weighted by atomic mass is 10.2. The number of para-hydroxylation sites is 4. The molecule has 1 aliphatic rings. The molecule has 0 saturated carbocycles. The van der Waals surface area contributed by atoms with Gasteiger partial charge in [0.2, 0.25) is 5.89 Å². The van der Waals surface area contributed by atoms with E-state index in [1.165, 1.54) is 0 Å². The first-order valence-electron chi connectivity index (χ1n) is 7.81. The zero-order chi connectivity index (χ0) is 16.5. The van der Waals surface area contributed by atoms with Crippen LogP contribution in [0.4, 0.5) is 5.69 Å². The number of oxazole rings is 1. The van der Waals surface area contributed by atoms with Crippen LogP contribution in [0.1, 0.15) is 5.89 Å². The summed E-state index contributed by atoms with van der Waals surface area (Å²) in [6.07, 6.45) is -0.561. The molecular formula is C18H17N3O3. The highest BCUT2D eigenvalue weighted by atomic mass is 16.5. The second-order valence-corrected chi connectivity index (χ2v) is 5.64. The monoisotopic (exact) mass is 323 g/mol. The lowest BCUT2D eigenvalue weighted by Gasteiger charge is -2.34. The highest BCUT2D eigenvalue weighted by Gasteiger charge is 2.30. The molecule has 1 aliphatic heterocycles. The van der Waals surface area contributed by atoms with Crippen LogP contribution in [-0.4, -0.2) is 30.6 Å². The van der Waals surface area contributed by atoms with Crippen LogP contribution in [0.3, 0.4) is 0 Å². The summed E-state index contributed by atoms with van der Waals surface area (Å²) in [6, 6.07) is 15.3. The van der Waals surface area contributed by atoms with Gasteiger partial charge in [0.05, 0.1) is 18.8 Å². The number of ether oxygens (including phenoxy) is 1. The molecule has 6 heteroatoms. The van der Waals surface area contributed by atoms with Gasteiger partial charge >= 0.3 is 0 Å². The van der Waals surface area contributed by atoms with Gasteiger partial charge in [-0.15, -0.1) is 0 Å². The van der Waals surface area contributed by atoms with Crippen LogP contribution in [0.5, 0.6) is 5.75 Å². The van der Waals surface area contributed by atoms with Crippen LogP contribution in [0, 0.1) is 0 Å². The molecule has 2 heterocycles. The first-order valence-corrected chi connectivity index (χ1v) is 7.81. The van der Waals surface area contributed by atoms with E-state index in [1.54, 1.807) is 7.05 Å². The second-order valence-electron chi connectivity index (χ2n) is 5.64. The Kier molecular flexibility index (Phi) is 3.57. The zero-order valence-corrected chi connectivity index (χ0v) is 13.2. The van der Waals surface area contributed by atoms with E-state index < -0.39 is 6.10 Å². The van der Waals surface area contributed by atoms with E-state index >= 15 is 0 Å². The van der Waals surface area contributed by atoms with Crippen molar-refractivity contribution in [1.82, 2.24) is 10.3 Å². The molecule has 1 N–H and O–H groups in total. The van der Waals surface area contributed by atoms with Crippen molar-refractivity contribution >= 4 is 22.7 Å². The predicted octanol–water partition coefficient (Wildman–Crippen LogP) is 2.34. The number of nitrogens with zero attached hydrogens (tertiary/aromatic N) is 2. The number of hydrogen-bond donors (Lipinski definition) is 1. The maximum absolute atomic E-state index is 12.0. The molecule has 0 saturated heterocycles. The van der Waals surface area contributed by atoms with E-state index in [4.69, 9.17) is 9.15 Å². The van der Waals surface area contributed by atoms with Crippen LogP contribution in [0.25, 0.3) is 11.1 Å². The number of nitrogens with one attached hydrogen (secondary N) is 1. The average molecular weight is 323 g/mol. The molecule has 0 aliphatic carbocycles. The van der Waals surface area contributed by atoms with E-state index in [0.717, 1.165) is 16.8 Å². The number of anilines is 1. The largest absolute Gasteiger partial charge is 0.477 e. The number of carbonyl (C=O) groups is 1. The van der Waals surface area contributed by atoms with E-state index in [1.807, 2.05) is 48.5 Å². The van der Waals surface area contributed by atoms with Gasteiger partial charge < -0.3 is 19.4 Å². The fourth-order valence-corrected chi connectivity index (χ4v) is 2.91.